The summed E-state index contributed by atoms with van der Waals surface area (Å²) in [7, 11) is 0.110. The fourth-order valence-corrected chi connectivity index (χ4v) is 4.12. The van der Waals surface area contributed by atoms with Crippen LogP contribution in [0.1, 0.15) is 0 Å². The van der Waals surface area contributed by atoms with Gasteiger partial charge in [-0.3, -0.25) is 0 Å². The molecule has 0 aromatic heterocycles. The Morgan fingerprint density at radius 2 is 1.50 bits per heavy atom. The van der Waals surface area contributed by atoms with E-state index in [0.717, 1.165) is 5.46 Å². The van der Waals surface area contributed by atoms with Crippen LogP contribution >= 0.6 is 23.5 Å². The molecule has 0 unspecified atom stereocenters. The first kappa shape index (κ1) is 10.3. The van der Waals surface area contributed by atoms with Gasteiger partial charge in [-0.2, -0.15) is 0 Å². The lowest BCUT2D eigenvalue weighted by Gasteiger charge is -2.19. The zero-order valence-corrected chi connectivity index (χ0v) is 10.1. The van der Waals surface area contributed by atoms with Crippen LogP contribution < -0.4 is 5.46 Å². The second-order valence-corrected chi connectivity index (χ2v) is 5.69. The minimum absolute atomic E-state index is 0.110. The fraction of sp³-hybridized carbons (Fsp3) is 0. The summed E-state index contributed by atoms with van der Waals surface area (Å²) < 4.78 is 0. The van der Waals surface area contributed by atoms with Gasteiger partial charge in [0.1, 0.15) is 0 Å². The predicted octanol–water partition coefficient (Wildman–Crippen LogP) is 2.27. The lowest BCUT2D eigenvalue weighted by molar-refractivity contribution is 0.614. The van der Waals surface area contributed by atoms with Gasteiger partial charge in [-0.25, -0.2) is 0 Å². The van der Waals surface area contributed by atoms with Gasteiger partial charge in [-0.1, -0.05) is 47.8 Å². The summed E-state index contributed by atoms with van der Waals surface area (Å²) in [6.45, 7) is 0. The fourth-order valence-electron chi connectivity index (χ4n) is 1.73. The average Bonchev–Trinajstić information content (AvgIpc) is 2.35. The van der Waals surface area contributed by atoms with E-state index in [1.165, 1.54) is 19.6 Å². The van der Waals surface area contributed by atoms with Crippen LogP contribution in [-0.4, -0.2) is 12.5 Å². The molecule has 0 bridgehead atoms. The molecule has 1 heterocycles. The molecule has 0 fully saturated rings. The van der Waals surface area contributed by atoms with Crippen LogP contribution in [0.5, 0.6) is 0 Å². The first-order valence-electron chi connectivity index (χ1n) is 5.06. The van der Waals surface area contributed by atoms with Crippen molar-refractivity contribution in [3.8, 4) is 0 Å². The molecular formula is C12H9BOS2. The maximum Gasteiger partial charge on any atom is 0.305 e. The summed E-state index contributed by atoms with van der Waals surface area (Å²) in [6.07, 6.45) is 0. The molecule has 0 atom stereocenters. The highest BCUT2D eigenvalue weighted by Crippen LogP contribution is 2.47. The standard InChI is InChI=1S/C12H9BOS2/c14-13-8-4-3-7-11-12(8)16-10-6-2-1-5-9(10)15-11/h1-7,13-14H. The van der Waals surface area contributed by atoms with E-state index in [-0.39, 0.29) is 7.48 Å². The van der Waals surface area contributed by atoms with Crippen molar-refractivity contribution in [3.63, 3.8) is 0 Å². The van der Waals surface area contributed by atoms with Gasteiger partial charge in [0, 0.05) is 19.6 Å². The van der Waals surface area contributed by atoms with Gasteiger partial charge >= 0.3 is 7.48 Å². The highest BCUT2D eigenvalue weighted by Gasteiger charge is 2.18. The zero-order chi connectivity index (χ0) is 11.0. The highest BCUT2D eigenvalue weighted by atomic mass is 32.2. The average molecular weight is 244 g/mol. The second kappa shape index (κ2) is 4.20. The minimum Gasteiger partial charge on any atom is -0.449 e. The molecule has 0 saturated carbocycles. The Morgan fingerprint density at radius 1 is 0.812 bits per heavy atom. The van der Waals surface area contributed by atoms with Gasteiger partial charge in [0.25, 0.3) is 0 Å². The highest BCUT2D eigenvalue weighted by molar-refractivity contribution is 8.05. The van der Waals surface area contributed by atoms with Gasteiger partial charge in [0.2, 0.25) is 0 Å². The molecule has 1 aliphatic heterocycles. The lowest BCUT2D eigenvalue weighted by atomic mass is 9.89. The van der Waals surface area contributed by atoms with Crippen LogP contribution in [0, 0.1) is 0 Å². The van der Waals surface area contributed by atoms with Crippen molar-refractivity contribution in [1.82, 2.24) is 0 Å². The number of hydrogen-bond donors (Lipinski definition) is 1. The molecular weight excluding hydrogens is 235 g/mol. The lowest BCUT2D eigenvalue weighted by Crippen LogP contribution is -2.17. The Labute approximate surface area is 104 Å². The quantitative estimate of drug-likeness (QED) is 0.663. The van der Waals surface area contributed by atoms with E-state index in [1.807, 2.05) is 12.1 Å². The summed E-state index contributed by atoms with van der Waals surface area (Å²) in [4.78, 5) is 5.03. The van der Waals surface area contributed by atoms with Crippen molar-refractivity contribution >= 4 is 36.5 Å². The third-order valence-electron chi connectivity index (χ3n) is 2.51. The van der Waals surface area contributed by atoms with E-state index in [2.05, 4.69) is 30.3 Å². The molecule has 3 rings (SSSR count). The molecule has 1 N–H and O–H groups in total. The van der Waals surface area contributed by atoms with Gasteiger partial charge in [0.15, 0.2) is 0 Å². The molecule has 4 heteroatoms. The van der Waals surface area contributed by atoms with E-state index < -0.39 is 0 Å². The zero-order valence-electron chi connectivity index (χ0n) is 8.51. The molecule has 0 spiro atoms. The van der Waals surface area contributed by atoms with Crippen LogP contribution in [0.2, 0.25) is 0 Å². The Hall–Kier alpha value is -0.835. The molecule has 2 aromatic carbocycles. The van der Waals surface area contributed by atoms with Crippen molar-refractivity contribution in [2.75, 3.05) is 0 Å². The summed E-state index contributed by atoms with van der Waals surface area (Å²) in [5.74, 6) is 0. The van der Waals surface area contributed by atoms with Crippen molar-refractivity contribution in [3.05, 3.63) is 42.5 Å². The first-order valence-corrected chi connectivity index (χ1v) is 6.69. The summed E-state index contributed by atoms with van der Waals surface area (Å²) in [5.41, 5.74) is 1.02. The first-order chi connectivity index (χ1) is 7.88. The largest absolute Gasteiger partial charge is 0.449 e. The maximum absolute atomic E-state index is 9.32. The van der Waals surface area contributed by atoms with Crippen LogP contribution in [-0.2, 0) is 0 Å². The van der Waals surface area contributed by atoms with E-state index in [0.29, 0.717) is 0 Å². The van der Waals surface area contributed by atoms with Crippen molar-refractivity contribution < 1.29 is 5.02 Å². The Balaban J connectivity index is 2.12. The van der Waals surface area contributed by atoms with E-state index in [9.17, 15) is 5.02 Å². The molecule has 0 amide bonds. The third kappa shape index (κ3) is 1.67. The smallest absolute Gasteiger partial charge is 0.305 e. The van der Waals surface area contributed by atoms with Crippen LogP contribution in [0.3, 0.4) is 0 Å². The van der Waals surface area contributed by atoms with Gasteiger partial charge < -0.3 is 5.02 Å². The Kier molecular flexibility index (Phi) is 2.71. The topological polar surface area (TPSA) is 20.2 Å². The predicted molar refractivity (Wildman–Crippen MR) is 70.1 cm³/mol. The molecule has 0 radical (unpaired) electrons. The van der Waals surface area contributed by atoms with Crippen LogP contribution in [0.15, 0.2) is 62.0 Å². The van der Waals surface area contributed by atoms with Crippen molar-refractivity contribution in [2.24, 2.45) is 0 Å². The second-order valence-electron chi connectivity index (χ2n) is 3.55. The van der Waals surface area contributed by atoms with Gasteiger partial charge in [-0.15, -0.1) is 0 Å². The van der Waals surface area contributed by atoms with Gasteiger partial charge in [0.05, 0.1) is 0 Å². The number of hydrogen-bond acceptors (Lipinski definition) is 3. The number of rotatable bonds is 1. The monoisotopic (exact) mass is 244 g/mol. The molecule has 1 nitrogen and oxygen atoms in total. The summed E-state index contributed by atoms with van der Waals surface area (Å²) in [6, 6.07) is 14.5. The molecule has 16 heavy (non-hydrogen) atoms. The summed E-state index contributed by atoms with van der Waals surface area (Å²) >= 11 is 3.53. The minimum atomic E-state index is 0.110. The third-order valence-corrected chi connectivity index (χ3v) is 5.17. The van der Waals surface area contributed by atoms with Gasteiger partial charge in [-0.05, 0) is 23.7 Å². The number of benzene rings is 2. The Morgan fingerprint density at radius 3 is 2.25 bits per heavy atom. The SMILES string of the molecule is OBc1cccc2c1Sc1ccccc1S2. The molecule has 0 saturated heterocycles. The molecule has 78 valence electrons. The van der Waals surface area contributed by atoms with Crippen molar-refractivity contribution in [1.29, 1.82) is 0 Å². The maximum atomic E-state index is 9.32. The van der Waals surface area contributed by atoms with E-state index in [1.54, 1.807) is 23.5 Å². The molecule has 1 aliphatic rings. The van der Waals surface area contributed by atoms with Crippen LogP contribution in [0.25, 0.3) is 0 Å². The normalized spacial score (nSPS) is 12.8. The summed E-state index contributed by atoms with van der Waals surface area (Å²) in [5, 5.41) is 9.32. The van der Waals surface area contributed by atoms with Crippen LogP contribution in [0.4, 0.5) is 0 Å². The molecule has 2 aromatic rings. The molecule has 0 aliphatic carbocycles. The van der Waals surface area contributed by atoms with E-state index in [4.69, 9.17) is 0 Å². The Bertz CT molecular complexity index is 542. The van der Waals surface area contributed by atoms with E-state index >= 15 is 0 Å². The number of fused-ring (bicyclic) bond motifs is 2. The van der Waals surface area contributed by atoms with Crippen molar-refractivity contribution in [2.45, 2.75) is 19.6 Å².